The average Bonchev–Trinajstić information content (AvgIpc) is 2.90. The Hall–Kier alpha value is -0.840. The minimum atomic E-state index is -0.279. The smallest absolute Gasteiger partial charge is 0.148 e. The minimum absolute atomic E-state index is 0.0471. The van der Waals surface area contributed by atoms with Crippen molar-refractivity contribution in [1.29, 1.82) is 0 Å². The van der Waals surface area contributed by atoms with Gasteiger partial charge in [0.05, 0.1) is 17.0 Å². The number of rotatable bonds is 8. The summed E-state index contributed by atoms with van der Waals surface area (Å²) in [6, 6.07) is 0. The second-order valence-corrected chi connectivity index (χ2v) is 12.7. The van der Waals surface area contributed by atoms with Crippen LogP contribution in [0.2, 0.25) is 0 Å². The molecule has 1 aromatic heterocycles. The summed E-state index contributed by atoms with van der Waals surface area (Å²) in [6.07, 6.45) is 4.83. The molecule has 0 aliphatic carbocycles. The predicted octanol–water partition coefficient (Wildman–Crippen LogP) is 5.51. The molecule has 0 radical (unpaired) electrons. The van der Waals surface area contributed by atoms with Crippen molar-refractivity contribution in [3.63, 3.8) is 0 Å². The molecule has 1 rings (SSSR count). The van der Waals surface area contributed by atoms with Crippen molar-refractivity contribution < 1.29 is 4.79 Å². The number of thioether (sulfide) groups is 1. The molecule has 0 N–H and O–H groups in total. The Kier molecular flexibility index (Phi) is 7.17. The lowest BCUT2D eigenvalue weighted by Crippen LogP contribution is -2.30. The topological polar surface area (TPSA) is 47.8 Å². The van der Waals surface area contributed by atoms with Gasteiger partial charge in [0.1, 0.15) is 5.78 Å². The first kappa shape index (κ1) is 23.2. The van der Waals surface area contributed by atoms with Crippen molar-refractivity contribution in [3.8, 4) is 0 Å². The van der Waals surface area contributed by atoms with Crippen LogP contribution in [0, 0.1) is 10.8 Å². The van der Waals surface area contributed by atoms with E-state index in [1.165, 1.54) is 0 Å². The fourth-order valence-corrected chi connectivity index (χ4v) is 3.51. The predicted molar refractivity (Wildman–Crippen MR) is 113 cm³/mol. The number of hydrogen-bond donors (Lipinski definition) is 0. The summed E-state index contributed by atoms with van der Waals surface area (Å²) in [6.45, 7) is 21.5. The molecular formula is C21H39N3OS. The maximum Gasteiger partial charge on any atom is 0.148 e. The summed E-state index contributed by atoms with van der Waals surface area (Å²) in [7, 11) is 0. The van der Waals surface area contributed by atoms with Gasteiger partial charge in [0.25, 0.3) is 0 Å². The zero-order valence-electron chi connectivity index (χ0n) is 18.6. The van der Waals surface area contributed by atoms with Crippen LogP contribution >= 0.6 is 11.8 Å². The summed E-state index contributed by atoms with van der Waals surface area (Å²) in [5.74, 6) is 0.948. The molecule has 1 heterocycles. The molecule has 0 unspecified atom stereocenters. The first-order valence-corrected chi connectivity index (χ1v) is 10.6. The standard InChI is InChI=1S/C21H39N3OS/c1-18(2,3)24-14-16(22-23-24)13-20(7,8)11-12-21(9,10)17(25)15-26-19(4,5)6/h14H,11-13,15H2,1-10H3. The molecule has 0 fully saturated rings. The highest BCUT2D eigenvalue weighted by Gasteiger charge is 2.31. The van der Waals surface area contributed by atoms with E-state index in [1.807, 2.05) is 4.68 Å². The van der Waals surface area contributed by atoms with Gasteiger partial charge in [-0.15, -0.1) is 16.9 Å². The number of carbonyl (C=O) groups is 1. The summed E-state index contributed by atoms with van der Waals surface area (Å²) >= 11 is 1.74. The minimum Gasteiger partial charge on any atom is -0.298 e. The Morgan fingerprint density at radius 1 is 1.00 bits per heavy atom. The fourth-order valence-electron chi connectivity index (χ4n) is 2.55. The Morgan fingerprint density at radius 3 is 2.04 bits per heavy atom. The monoisotopic (exact) mass is 381 g/mol. The van der Waals surface area contributed by atoms with Gasteiger partial charge in [-0.25, -0.2) is 4.68 Å². The number of carbonyl (C=O) groups excluding carboxylic acids is 1. The van der Waals surface area contributed by atoms with Gasteiger partial charge >= 0.3 is 0 Å². The molecule has 0 saturated heterocycles. The van der Waals surface area contributed by atoms with Crippen LogP contribution < -0.4 is 0 Å². The number of hydrogen-bond acceptors (Lipinski definition) is 4. The second-order valence-electron chi connectivity index (χ2n) is 10.9. The summed E-state index contributed by atoms with van der Waals surface area (Å²) in [5, 5.41) is 8.61. The Balaban J connectivity index is 2.63. The van der Waals surface area contributed by atoms with Crippen LogP contribution in [-0.4, -0.2) is 31.3 Å². The fraction of sp³-hybridized carbons (Fsp3) is 0.857. The van der Waals surface area contributed by atoms with Gasteiger partial charge in [0.15, 0.2) is 0 Å². The van der Waals surface area contributed by atoms with Gasteiger partial charge < -0.3 is 0 Å². The van der Waals surface area contributed by atoms with Gasteiger partial charge in [-0.2, -0.15) is 0 Å². The SMILES string of the molecule is CC(C)(CCC(C)(C)C(=O)CSC(C)(C)C)Cc1cn(C(C)(C)C)nn1. The van der Waals surface area contributed by atoms with Crippen molar-refractivity contribution in [3.05, 3.63) is 11.9 Å². The van der Waals surface area contributed by atoms with E-state index in [9.17, 15) is 4.79 Å². The number of ketones is 1. The molecule has 0 aliphatic rings. The molecule has 0 saturated carbocycles. The summed E-state index contributed by atoms with van der Waals surface area (Å²) < 4.78 is 2.06. The van der Waals surface area contributed by atoms with Crippen LogP contribution in [0.1, 0.15) is 87.8 Å². The molecule has 1 aromatic rings. The van der Waals surface area contributed by atoms with Crippen LogP contribution in [0.4, 0.5) is 0 Å². The quantitative estimate of drug-likeness (QED) is 0.596. The third-order valence-corrected chi connectivity index (χ3v) is 5.98. The zero-order valence-corrected chi connectivity index (χ0v) is 19.4. The van der Waals surface area contributed by atoms with Crippen LogP contribution in [0.5, 0.6) is 0 Å². The maximum absolute atomic E-state index is 12.7. The lowest BCUT2D eigenvalue weighted by Gasteiger charge is -2.30. The highest BCUT2D eigenvalue weighted by atomic mass is 32.2. The van der Waals surface area contributed by atoms with E-state index in [0.29, 0.717) is 11.5 Å². The summed E-state index contributed by atoms with van der Waals surface area (Å²) in [4.78, 5) is 12.7. The highest BCUT2D eigenvalue weighted by Crippen LogP contribution is 2.35. The van der Waals surface area contributed by atoms with E-state index in [1.54, 1.807) is 11.8 Å². The van der Waals surface area contributed by atoms with Crippen molar-refractivity contribution in [1.82, 2.24) is 15.0 Å². The van der Waals surface area contributed by atoms with Crippen LogP contribution in [0.3, 0.4) is 0 Å². The zero-order chi connectivity index (χ0) is 20.4. The molecule has 0 aliphatic heterocycles. The molecule has 150 valence electrons. The van der Waals surface area contributed by atoms with Crippen molar-refractivity contribution in [2.75, 3.05) is 5.75 Å². The molecule has 0 aromatic carbocycles. The lowest BCUT2D eigenvalue weighted by molar-refractivity contribution is -0.125. The van der Waals surface area contributed by atoms with Gasteiger partial charge in [-0.05, 0) is 45.4 Å². The van der Waals surface area contributed by atoms with E-state index in [0.717, 1.165) is 25.0 Å². The number of nitrogens with zero attached hydrogens (tertiary/aromatic N) is 3. The van der Waals surface area contributed by atoms with Crippen LogP contribution in [-0.2, 0) is 16.8 Å². The normalized spacial score (nSPS) is 13.9. The van der Waals surface area contributed by atoms with Crippen LogP contribution in [0.15, 0.2) is 6.20 Å². The van der Waals surface area contributed by atoms with E-state index in [4.69, 9.17) is 0 Å². The number of Topliss-reactive ketones (excluding diaryl/α,β-unsaturated/α-hetero) is 1. The molecule has 4 nitrogen and oxygen atoms in total. The van der Waals surface area contributed by atoms with Crippen LogP contribution in [0.25, 0.3) is 0 Å². The van der Waals surface area contributed by atoms with E-state index in [2.05, 4.69) is 85.7 Å². The first-order chi connectivity index (χ1) is 11.5. The van der Waals surface area contributed by atoms with E-state index < -0.39 is 0 Å². The molecule has 0 atom stereocenters. The summed E-state index contributed by atoms with van der Waals surface area (Å²) in [5.41, 5.74) is 0.790. The van der Waals surface area contributed by atoms with Crippen molar-refractivity contribution >= 4 is 17.5 Å². The third-order valence-electron chi connectivity index (χ3n) is 4.71. The first-order valence-electron chi connectivity index (χ1n) is 9.61. The van der Waals surface area contributed by atoms with Crippen molar-refractivity contribution in [2.45, 2.75) is 98.8 Å². The third kappa shape index (κ3) is 7.81. The van der Waals surface area contributed by atoms with Gasteiger partial charge in [0.2, 0.25) is 0 Å². The second kappa shape index (κ2) is 8.04. The van der Waals surface area contributed by atoms with E-state index >= 15 is 0 Å². The van der Waals surface area contributed by atoms with Gasteiger partial charge in [0, 0.05) is 16.4 Å². The molecule has 5 heteroatoms. The molecule has 0 bridgehead atoms. The Morgan fingerprint density at radius 2 is 1.58 bits per heavy atom. The molecule has 0 amide bonds. The Labute approximate surface area is 164 Å². The van der Waals surface area contributed by atoms with E-state index in [-0.39, 0.29) is 21.1 Å². The number of aromatic nitrogens is 3. The molecule has 26 heavy (non-hydrogen) atoms. The highest BCUT2D eigenvalue weighted by molar-refractivity contribution is 8.01. The van der Waals surface area contributed by atoms with Gasteiger partial charge in [-0.3, -0.25) is 4.79 Å². The molecule has 0 spiro atoms. The largest absolute Gasteiger partial charge is 0.298 e. The maximum atomic E-state index is 12.7. The van der Waals surface area contributed by atoms with Gasteiger partial charge in [-0.1, -0.05) is 53.7 Å². The lowest BCUT2D eigenvalue weighted by atomic mass is 9.75. The van der Waals surface area contributed by atoms with Crippen molar-refractivity contribution in [2.24, 2.45) is 10.8 Å². The Bertz CT molecular complexity index is 604. The average molecular weight is 382 g/mol. The molecular weight excluding hydrogens is 342 g/mol.